The van der Waals surface area contributed by atoms with Gasteiger partial charge in [-0.25, -0.2) is 32.4 Å². The Hall–Kier alpha value is -5.57. The number of thiophene rings is 1. The van der Waals surface area contributed by atoms with Gasteiger partial charge in [-0.1, -0.05) is 18.2 Å². The van der Waals surface area contributed by atoms with Crippen LogP contribution in [-0.4, -0.2) is 50.5 Å². The van der Waals surface area contributed by atoms with Crippen molar-refractivity contribution in [2.24, 2.45) is 0 Å². The van der Waals surface area contributed by atoms with Gasteiger partial charge in [-0.05, 0) is 72.5 Å². The lowest BCUT2D eigenvalue weighted by molar-refractivity contribution is -0.00736. The van der Waals surface area contributed by atoms with E-state index in [9.17, 15) is 18.4 Å². The molecule has 264 valence electrons. The molecule has 0 unspecified atom stereocenters. The first-order valence-electron chi connectivity index (χ1n) is 16.7. The number of carbonyl (C=O) groups is 1. The highest BCUT2D eigenvalue weighted by molar-refractivity contribution is 7.23. The van der Waals surface area contributed by atoms with E-state index in [4.69, 9.17) is 14.1 Å². The third-order valence-electron chi connectivity index (χ3n) is 10.1. The largest absolute Gasteiger partial charge is 0.493 e. The molecule has 2 atom stereocenters. The first kappa shape index (κ1) is 32.3. The number of fused-ring (bicyclic) bond motifs is 5. The second kappa shape index (κ2) is 12.0. The molecular weight excluding hydrogens is 701 g/mol. The lowest BCUT2D eigenvalue weighted by atomic mass is 9.93. The van der Waals surface area contributed by atoms with E-state index in [1.807, 2.05) is 6.07 Å². The van der Waals surface area contributed by atoms with Crippen molar-refractivity contribution in [3.63, 3.8) is 0 Å². The number of nitrogens with one attached hydrogen (secondary N) is 2. The number of pyridine rings is 2. The Morgan fingerprint density at radius 2 is 1.90 bits per heavy atom. The van der Waals surface area contributed by atoms with Crippen molar-refractivity contribution in [3.8, 4) is 27.6 Å². The van der Waals surface area contributed by atoms with E-state index in [2.05, 4.69) is 20.5 Å². The minimum atomic E-state index is -3.29. The second-order valence-corrected chi connectivity index (χ2v) is 14.2. The number of carbonyl (C=O) groups excluding carboxylic acids is 1. The summed E-state index contributed by atoms with van der Waals surface area (Å²) in [5.74, 6) is -5.46. The Balaban J connectivity index is 1.21. The number of rotatable bonds is 8. The number of nitrogens with zero attached hydrogens (tertiary/aromatic N) is 4. The maximum Gasteiger partial charge on any atom is 0.434 e. The Labute approximate surface area is 296 Å². The first-order chi connectivity index (χ1) is 25.1. The second-order valence-electron chi connectivity index (χ2n) is 13.1. The fourth-order valence-electron chi connectivity index (χ4n) is 7.82. The highest BCUT2D eigenvalue weighted by Crippen LogP contribution is 2.52. The van der Waals surface area contributed by atoms with E-state index in [0.29, 0.717) is 62.4 Å². The van der Waals surface area contributed by atoms with E-state index in [1.165, 1.54) is 42.8 Å². The number of aryl methyl sites for hydroxylation is 2. The molecule has 0 spiro atoms. The third-order valence-corrected chi connectivity index (χ3v) is 11.3. The summed E-state index contributed by atoms with van der Waals surface area (Å²) in [6.07, 6.45) is 3.15. The molecule has 4 aromatic heterocycles. The van der Waals surface area contributed by atoms with Gasteiger partial charge in [0.25, 0.3) is 17.7 Å². The molecular formula is C37H28F4N6O4S. The Morgan fingerprint density at radius 3 is 2.67 bits per heavy atom. The maximum atomic E-state index is 15.6. The number of benzene rings is 2. The average molecular weight is 729 g/mol. The van der Waals surface area contributed by atoms with Crippen LogP contribution in [0, 0.1) is 11.6 Å². The summed E-state index contributed by atoms with van der Waals surface area (Å²) in [5.41, 5.74) is 3.50. The van der Waals surface area contributed by atoms with Gasteiger partial charge in [0.05, 0.1) is 40.4 Å². The molecule has 0 saturated carbocycles. The number of hydrogen-bond donors (Lipinski definition) is 2. The number of H-pyrrole nitrogens is 1. The molecule has 2 aliphatic heterocycles. The molecule has 1 aliphatic carbocycles. The Kier molecular flexibility index (Phi) is 7.47. The van der Waals surface area contributed by atoms with Gasteiger partial charge in [-0.2, -0.15) is 0 Å². The smallest absolute Gasteiger partial charge is 0.434 e. The summed E-state index contributed by atoms with van der Waals surface area (Å²) < 4.78 is 70.7. The molecule has 2 aromatic carbocycles. The third kappa shape index (κ3) is 5.08. The molecule has 9 rings (SSSR count). The molecule has 15 heteroatoms. The molecule has 10 nitrogen and oxygen atoms in total. The molecule has 0 radical (unpaired) electrons. The molecule has 1 amide bonds. The van der Waals surface area contributed by atoms with Crippen LogP contribution >= 0.6 is 11.3 Å². The minimum Gasteiger partial charge on any atom is -0.493 e. The summed E-state index contributed by atoms with van der Waals surface area (Å²) in [5, 5.41) is 10.1. The topological polar surface area (TPSA) is 126 Å². The summed E-state index contributed by atoms with van der Waals surface area (Å²) in [4.78, 5) is 38.4. The van der Waals surface area contributed by atoms with E-state index < -0.39 is 30.0 Å². The number of halogens is 4. The predicted octanol–water partition coefficient (Wildman–Crippen LogP) is 7.41. The van der Waals surface area contributed by atoms with Gasteiger partial charge < -0.3 is 19.4 Å². The molecule has 52 heavy (non-hydrogen) atoms. The van der Waals surface area contributed by atoms with Gasteiger partial charge in [0, 0.05) is 35.2 Å². The van der Waals surface area contributed by atoms with Gasteiger partial charge in [0.15, 0.2) is 11.6 Å². The van der Waals surface area contributed by atoms with Gasteiger partial charge in [-0.15, -0.1) is 16.4 Å². The van der Waals surface area contributed by atoms with Gasteiger partial charge in [0.1, 0.15) is 17.7 Å². The van der Waals surface area contributed by atoms with Gasteiger partial charge >= 0.3 is 5.76 Å². The standard InChI is InChI=1S/C37H28F4N6O4S/c1-50-30-21-16-37(40,41)32(20(21)9-10-22(30)39)44-33-31-18(12-13-42-33)15-25(52-31)27-26(34-45-46-36(49)51-34)23(11-6-17-4-7-19(38)8-5-17)43-29-24-3-2-14-47(24)35(48)28(27)29/h4-5,7-10,12-13,15,24,32H,2-3,6,11,14,16H2,1H3,(H,42,44)(H,46,49)/t24-,32-/m0/s1. The molecule has 6 heterocycles. The Morgan fingerprint density at radius 1 is 1.08 bits per heavy atom. The SMILES string of the molecule is COc1c(F)ccc2c1CC(F)(F)[C@H]2Nc1nccc2cc(-c3c4c(nc(CCc5ccc(F)cc5)c3-c3n[nH]c(=O)o3)[C@@H]3CCCN3C4=O)sc12. The van der Waals surface area contributed by atoms with Crippen LogP contribution in [0.2, 0.25) is 0 Å². The molecule has 2 N–H and O–H groups in total. The highest BCUT2D eigenvalue weighted by atomic mass is 32.1. The van der Waals surface area contributed by atoms with Crippen molar-refractivity contribution in [1.82, 2.24) is 25.1 Å². The van der Waals surface area contributed by atoms with E-state index in [0.717, 1.165) is 24.5 Å². The zero-order chi connectivity index (χ0) is 35.9. The number of hydrogen-bond acceptors (Lipinski definition) is 9. The van der Waals surface area contributed by atoms with Crippen molar-refractivity contribution in [3.05, 3.63) is 111 Å². The molecule has 1 saturated heterocycles. The van der Waals surface area contributed by atoms with E-state index >= 15 is 8.78 Å². The van der Waals surface area contributed by atoms with Crippen LogP contribution in [0.25, 0.3) is 32.0 Å². The highest BCUT2D eigenvalue weighted by Gasteiger charge is 2.50. The monoisotopic (exact) mass is 728 g/mol. The van der Waals surface area contributed by atoms with Crippen LogP contribution in [0.3, 0.4) is 0 Å². The molecule has 3 aliphatic rings. The van der Waals surface area contributed by atoms with Crippen molar-refractivity contribution >= 4 is 33.1 Å². The number of ether oxygens (including phenoxy) is 1. The van der Waals surface area contributed by atoms with Crippen LogP contribution in [0.4, 0.5) is 23.4 Å². The number of anilines is 1. The number of aromatic nitrogens is 4. The predicted molar refractivity (Wildman–Crippen MR) is 184 cm³/mol. The lowest BCUT2D eigenvalue weighted by Crippen LogP contribution is -2.28. The molecule has 6 aromatic rings. The summed E-state index contributed by atoms with van der Waals surface area (Å²) in [6, 6.07) is 10.4. The normalized spacial score (nSPS) is 18.6. The zero-order valence-electron chi connectivity index (χ0n) is 27.4. The molecule has 0 bridgehead atoms. The number of alkyl halides is 2. The summed E-state index contributed by atoms with van der Waals surface area (Å²) >= 11 is 1.24. The zero-order valence-corrected chi connectivity index (χ0v) is 28.3. The average Bonchev–Trinajstić information content (AvgIpc) is 3.95. The van der Waals surface area contributed by atoms with Crippen LogP contribution in [0.15, 0.2) is 63.9 Å². The maximum absolute atomic E-state index is 15.6. The first-order valence-corrected chi connectivity index (χ1v) is 17.5. The molecule has 1 fully saturated rings. The quantitative estimate of drug-likeness (QED) is 0.155. The number of amides is 1. The van der Waals surface area contributed by atoms with Gasteiger partial charge in [0.2, 0.25) is 0 Å². The van der Waals surface area contributed by atoms with Crippen molar-refractivity contribution in [2.75, 3.05) is 19.0 Å². The Bertz CT molecular complexity index is 2480. The van der Waals surface area contributed by atoms with Crippen molar-refractivity contribution in [2.45, 2.75) is 50.1 Å². The fraction of sp³-hybridized carbons (Fsp3) is 0.270. The van der Waals surface area contributed by atoms with Crippen LogP contribution in [0.5, 0.6) is 5.75 Å². The van der Waals surface area contributed by atoms with E-state index in [-0.39, 0.29) is 46.4 Å². The van der Waals surface area contributed by atoms with Crippen LogP contribution in [0.1, 0.15) is 63.4 Å². The van der Waals surface area contributed by atoms with E-state index in [1.54, 1.807) is 23.1 Å². The van der Waals surface area contributed by atoms with Crippen molar-refractivity contribution in [1.29, 1.82) is 0 Å². The summed E-state index contributed by atoms with van der Waals surface area (Å²) in [6.45, 7) is 0.563. The van der Waals surface area contributed by atoms with Crippen LogP contribution < -0.4 is 15.8 Å². The fourth-order valence-corrected chi connectivity index (χ4v) is 8.99. The van der Waals surface area contributed by atoms with Crippen LogP contribution in [-0.2, 0) is 19.3 Å². The lowest BCUT2D eigenvalue weighted by Gasteiger charge is -2.22. The minimum absolute atomic E-state index is 0.0541. The van der Waals surface area contributed by atoms with Gasteiger partial charge in [-0.3, -0.25) is 9.78 Å². The van der Waals surface area contributed by atoms with Crippen molar-refractivity contribution < 1.29 is 31.5 Å². The summed E-state index contributed by atoms with van der Waals surface area (Å²) in [7, 11) is 1.24. The number of methoxy groups -OCH3 is 1. The number of aromatic amines is 1.